The van der Waals surface area contributed by atoms with Gasteiger partial charge in [0.15, 0.2) is 0 Å². The quantitative estimate of drug-likeness (QED) is 0.216. The van der Waals surface area contributed by atoms with Gasteiger partial charge in [0.05, 0.1) is 17.3 Å². The Morgan fingerprint density at radius 1 is 1.02 bits per heavy atom. The van der Waals surface area contributed by atoms with Crippen molar-refractivity contribution >= 4 is 29.1 Å². The Kier molecular flexibility index (Phi) is 26.5. The zero-order valence-electron chi connectivity index (χ0n) is 28.2. The molecule has 43 heavy (non-hydrogen) atoms. The van der Waals surface area contributed by atoms with Crippen molar-refractivity contribution in [2.24, 2.45) is 10.9 Å². The summed E-state index contributed by atoms with van der Waals surface area (Å²) in [5.41, 5.74) is 5.64. The molecule has 0 aromatic heterocycles. The van der Waals surface area contributed by atoms with Crippen LogP contribution >= 0.6 is 11.6 Å². The van der Waals surface area contributed by atoms with Crippen molar-refractivity contribution in [2.45, 2.75) is 101 Å². The number of hydrogen-bond donors (Lipinski definition) is 0. The van der Waals surface area contributed by atoms with Gasteiger partial charge in [-0.15, -0.1) is 0 Å². The van der Waals surface area contributed by atoms with Gasteiger partial charge in [0.2, 0.25) is 5.92 Å². The maximum absolute atomic E-state index is 12.8. The summed E-state index contributed by atoms with van der Waals surface area (Å²) in [4.78, 5) is 24.1. The number of ketones is 1. The molecule has 0 aliphatic heterocycles. The maximum atomic E-state index is 12.8. The molecule has 2 aromatic rings. The predicted molar refractivity (Wildman–Crippen MR) is 177 cm³/mol. The lowest BCUT2D eigenvalue weighted by molar-refractivity contribution is -0.143. The van der Waals surface area contributed by atoms with E-state index in [0.29, 0.717) is 0 Å². The Morgan fingerprint density at radius 3 is 1.95 bits per heavy atom. The van der Waals surface area contributed by atoms with Gasteiger partial charge in [-0.05, 0) is 76.3 Å². The summed E-state index contributed by atoms with van der Waals surface area (Å²) in [6.07, 6.45) is 2.49. The van der Waals surface area contributed by atoms with Crippen LogP contribution in [0.3, 0.4) is 0 Å². The number of ether oxygens (including phenoxy) is 1. The number of carbonyl (C=O) groups excluding carboxylic acids is 2. The number of hydrogen-bond acceptors (Lipinski definition) is 4. The third-order valence-corrected chi connectivity index (χ3v) is 5.55. The number of benzene rings is 2. The van der Waals surface area contributed by atoms with Gasteiger partial charge < -0.3 is 9.53 Å². The van der Waals surface area contributed by atoms with Gasteiger partial charge in [-0.2, -0.15) is 0 Å². The van der Waals surface area contributed by atoms with Crippen molar-refractivity contribution in [3.63, 3.8) is 0 Å². The van der Waals surface area contributed by atoms with Crippen LogP contribution in [0, 0.1) is 18.7 Å². The Morgan fingerprint density at radius 2 is 1.56 bits per heavy atom. The topological polar surface area (TPSA) is 55.7 Å². The monoisotopic (exact) mass is 627 g/mol. The van der Waals surface area contributed by atoms with Crippen LogP contribution < -0.4 is 0 Å². The summed E-state index contributed by atoms with van der Waals surface area (Å²) in [6.45, 7) is 19.7. The highest BCUT2D eigenvalue weighted by Gasteiger charge is 2.28. The van der Waals surface area contributed by atoms with Crippen molar-refractivity contribution in [3.05, 3.63) is 81.6 Å². The third kappa shape index (κ3) is 25.3. The molecule has 0 aliphatic carbocycles. The minimum Gasteiger partial charge on any atom is -0.466 e. The van der Waals surface area contributed by atoms with Crippen molar-refractivity contribution in [3.8, 4) is 0 Å². The first-order valence-electron chi connectivity index (χ1n) is 14.6. The summed E-state index contributed by atoms with van der Waals surface area (Å²) in [6, 6.07) is 13.3. The van der Waals surface area contributed by atoms with Gasteiger partial charge >= 0.3 is 5.97 Å². The molecule has 2 aromatic carbocycles. The highest BCUT2D eigenvalue weighted by Crippen LogP contribution is 2.26. The average molecular weight is 628 g/mol. The van der Waals surface area contributed by atoms with E-state index < -0.39 is 11.9 Å². The van der Waals surface area contributed by atoms with Crippen molar-refractivity contribution in [1.29, 1.82) is 0 Å². The number of allylic oxidation sites excluding steroid dienone is 2. The van der Waals surface area contributed by atoms with Crippen LogP contribution in [0.1, 0.15) is 98.8 Å². The normalized spacial score (nSPS) is 10.9. The van der Waals surface area contributed by atoms with Gasteiger partial charge in [0, 0.05) is 26.8 Å². The molecule has 0 aliphatic rings. The standard InChI is InChI=1S/C13H17N.C9H16F2O2.C8H8ClF.C3H6O.C2H6/c1-10(2)8-13(14-4)12-7-5-6-11(3)9-12;1-4-9(10,11)5-7(2)6-13-8(3)12;1-2-6-4-3-5-7(10)8(6)9;1-3(2)4;1-2/h5-9H,1-4H3;7H,4-6H2,1-3H3;3-5H,2H2,1H3;1-2H3;1-2H3. The second-order valence-electron chi connectivity index (χ2n) is 10.00. The molecule has 0 bridgehead atoms. The fourth-order valence-corrected chi connectivity index (χ4v) is 3.41. The molecule has 0 N–H and O–H groups in total. The van der Waals surface area contributed by atoms with E-state index in [1.54, 1.807) is 13.0 Å². The van der Waals surface area contributed by atoms with Crippen molar-refractivity contribution < 1.29 is 27.5 Å². The van der Waals surface area contributed by atoms with E-state index in [1.807, 2.05) is 33.9 Å². The Hall–Kier alpha value is -2.93. The number of rotatable bonds is 8. The Labute approximate surface area is 263 Å². The molecule has 2 rings (SSSR count). The summed E-state index contributed by atoms with van der Waals surface area (Å²) in [5, 5.41) is 0.255. The van der Waals surface area contributed by atoms with Gasteiger partial charge in [0.1, 0.15) is 11.6 Å². The van der Waals surface area contributed by atoms with Crippen LogP contribution in [0.5, 0.6) is 0 Å². The fraction of sp³-hybridized carbons (Fsp3) is 0.514. The molecule has 4 nitrogen and oxygen atoms in total. The number of esters is 1. The molecule has 0 saturated carbocycles. The highest BCUT2D eigenvalue weighted by molar-refractivity contribution is 6.31. The SMILES string of the molecule is CC.CC(C)=O.CCC(F)(F)CC(C)COC(C)=O.CCc1cccc(F)c1Cl.CN=C(C=C(C)C)c1cccc(C)c1. The zero-order chi connectivity index (χ0) is 34.2. The summed E-state index contributed by atoms with van der Waals surface area (Å²) >= 11 is 5.62. The molecule has 0 fully saturated rings. The van der Waals surface area contributed by atoms with E-state index in [0.717, 1.165) is 17.7 Å². The largest absolute Gasteiger partial charge is 0.466 e. The highest BCUT2D eigenvalue weighted by atomic mass is 35.5. The number of carbonyl (C=O) groups is 2. The van der Waals surface area contributed by atoms with Gasteiger partial charge in [0.25, 0.3) is 0 Å². The van der Waals surface area contributed by atoms with E-state index in [1.165, 1.54) is 50.5 Å². The smallest absolute Gasteiger partial charge is 0.302 e. The summed E-state index contributed by atoms with van der Waals surface area (Å²) in [5.74, 6) is -3.52. The molecule has 0 spiro atoms. The Bertz CT molecular complexity index is 1120. The first kappa shape index (κ1) is 44.5. The van der Waals surface area contributed by atoms with E-state index in [2.05, 4.69) is 60.8 Å². The van der Waals surface area contributed by atoms with Crippen LogP contribution in [0.15, 0.2) is 59.1 Å². The molecule has 0 radical (unpaired) electrons. The molecular weight excluding hydrogens is 575 g/mol. The number of aryl methyl sites for hydroxylation is 2. The average Bonchev–Trinajstić information content (AvgIpc) is 2.93. The molecular formula is C35H53ClF3NO3. The lowest BCUT2D eigenvalue weighted by atomic mass is 10.0. The number of Topliss-reactive ketones (excluding diaryl/α,β-unsaturated/α-hetero) is 1. The van der Waals surface area contributed by atoms with E-state index in [-0.39, 0.29) is 42.0 Å². The molecule has 1 atom stereocenters. The molecule has 0 amide bonds. The third-order valence-electron chi connectivity index (χ3n) is 5.13. The number of halogens is 4. The van der Waals surface area contributed by atoms with E-state index >= 15 is 0 Å². The van der Waals surface area contributed by atoms with Gasteiger partial charge in [-0.3, -0.25) is 9.79 Å². The van der Waals surface area contributed by atoms with Crippen molar-refractivity contribution in [2.75, 3.05) is 13.7 Å². The number of alkyl halides is 2. The minimum absolute atomic E-state index is 0.0743. The molecule has 1 unspecified atom stereocenters. The lowest BCUT2D eigenvalue weighted by Gasteiger charge is -2.18. The molecule has 0 heterocycles. The van der Waals surface area contributed by atoms with Crippen LogP contribution in [0.2, 0.25) is 5.02 Å². The van der Waals surface area contributed by atoms with Crippen LogP contribution in [0.4, 0.5) is 13.2 Å². The summed E-state index contributed by atoms with van der Waals surface area (Å²) in [7, 11) is 1.83. The number of nitrogens with zero attached hydrogens (tertiary/aromatic N) is 1. The van der Waals surface area contributed by atoms with E-state index in [9.17, 15) is 22.8 Å². The molecule has 244 valence electrons. The van der Waals surface area contributed by atoms with Crippen LogP contribution in [-0.4, -0.2) is 37.0 Å². The number of aliphatic imine (C=N–C) groups is 1. The van der Waals surface area contributed by atoms with Crippen LogP contribution in [0.25, 0.3) is 0 Å². The van der Waals surface area contributed by atoms with Crippen molar-refractivity contribution in [1.82, 2.24) is 0 Å². The molecule has 8 heteroatoms. The van der Waals surface area contributed by atoms with Crippen LogP contribution in [-0.2, 0) is 20.7 Å². The second-order valence-corrected chi connectivity index (χ2v) is 10.4. The molecule has 0 saturated heterocycles. The minimum atomic E-state index is -2.64. The summed E-state index contributed by atoms with van der Waals surface area (Å²) < 4.78 is 42.8. The predicted octanol–water partition coefficient (Wildman–Crippen LogP) is 10.7. The maximum Gasteiger partial charge on any atom is 0.302 e. The first-order chi connectivity index (χ1) is 20.0. The second kappa shape index (κ2) is 25.6. The van der Waals surface area contributed by atoms with Gasteiger partial charge in [-0.25, -0.2) is 13.2 Å². The van der Waals surface area contributed by atoms with Gasteiger partial charge in [-0.1, -0.05) is 87.7 Å². The Balaban J connectivity index is -0.000000515. The zero-order valence-corrected chi connectivity index (χ0v) is 29.0. The fourth-order valence-electron chi connectivity index (χ4n) is 3.15. The lowest BCUT2D eigenvalue weighted by Crippen LogP contribution is -2.21. The van der Waals surface area contributed by atoms with E-state index in [4.69, 9.17) is 11.6 Å². The first-order valence-corrected chi connectivity index (χ1v) is 15.0.